The van der Waals surface area contributed by atoms with Gasteiger partial charge in [-0.1, -0.05) is 94.8 Å². The van der Waals surface area contributed by atoms with Gasteiger partial charge in [0.25, 0.3) is 0 Å². The molecule has 39 heavy (non-hydrogen) atoms. The van der Waals surface area contributed by atoms with Gasteiger partial charge in [-0.3, -0.25) is 9.98 Å². The zero-order valence-electron chi connectivity index (χ0n) is 25.0. The Labute approximate surface area is 248 Å². The molecule has 1 heterocycles. The molecule has 0 radical (unpaired) electrons. The Hall–Kier alpha value is -2.55. The Bertz CT molecular complexity index is 1110. The molecule has 0 spiro atoms. The summed E-state index contributed by atoms with van der Waals surface area (Å²) in [7, 11) is 0. The summed E-state index contributed by atoms with van der Waals surface area (Å²) in [6.07, 6.45) is 11.5. The van der Waals surface area contributed by atoms with Crippen molar-refractivity contribution in [2.45, 2.75) is 106 Å². The van der Waals surface area contributed by atoms with Crippen LogP contribution in [0.5, 0.6) is 0 Å². The number of rotatable bonds is 14. The summed E-state index contributed by atoms with van der Waals surface area (Å²) in [6.45, 7) is 13.1. The third-order valence-electron chi connectivity index (χ3n) is 7.25. The van der Waals surface area contributed by atoms with Gasteiger partial charge in [0, 0.05) is 17.1 Å². The third kappa shape index (κ3) is 9.85. The molecule has 210 valence electrons. The fourth-order valence-electron chi connectivity index (χ4n) is 4.91. The van der Waals surface area contributed by atoms with Crippen LogP contribution in [0.1, 0.15) is 112 Å². The molecule has 0 aliphatic rings. The number of hydrogen-bond donors (Lipinski definition) is 0. The van der Waals surface area contributed by atoms with E-state index in [4.69, 9.17) is 15.0 Å². The molecule has 0 fully saturated rings. The van der Waals surface area contributed by atoms with E-state index >= 15 is 0 Å². The molecule has 0 aliphatic carbocycles. The minimum absolute atomic E-state index is 0. The molecule has 3 aromatic rings. The Kier molecular flexibility index (Phi) is 14.4. The number of para-hydroxylation sites is 2. The first-order chi connectivity index (χ1) is 18.4. The predicted molar refractivity (Wildman–Crippen MR) is 166 cm³/mol. The molecule has 0 saturated heterocycles. The number of aryl methyl sites for hydroxylation is 4. The fourth-order valence-corrected chi connectivity index (χ4v) is 4.91. The molecule has 3 nitrogen and oxygen atoms in total. The van der Waals surface area contributed by atoms with Gasteiger partial charge in [-0.25, -0.2) is 4.98 Å². The standard InChI is InChI=1S/C35H47N3.Fe/c1-7-9-11-13-22-32(37-34-26(3)18-15-19-27(34)4)30-24-17-25-31(36-30)33(23-14-12-10-8-2)38-35-28(5)20-16-21-29(35)6;/h15-21,24-25H,7-14,22-23H2,1-6H3;. The number of pyridine rings is 1. The van der Waals surface area contributed by atoms with Crippen LogP contribution in [-0.2, 0) is 17.1 Å². The third-order valence-corrected chi connectivity index (χ3v) is 7.25. The summed E-state index contributed by atoms with van der Waals surface area (Å²) in [5.74, 6) is 0. The summed E-state index contributed by atoms with van der Waals surface area (Å²) < 4.78 is 0. The first-order valence-electron chi connectivity index (χ1n) is 14.7. The Morgan fingerprint density at radius 2 is 0.897 bits per heavy atom. The van der Waals surface area contributed by atoms with Crippen molar-refractivity contribution in [2.24, 2.45) is 9.98 Å². The quantitative estimate of drug-likeness (QED) is 0.109. The Morgan fingerprint density at radius 3 is 1.26 bits per heavy atom. The van der Waals surface area contributed by atoms with Crippen molar-refractivity contribution in [2.75, 3.05) is 0 Å². The van der Waals surface area contributed by atoms with E-state index in [0.717, 1.165) is 59.9 Å². The second-order valence-electron chi connectivity index (χ2n) is 10.6. The summed E-state index contributed by atoms with van der Waals surface area (Å²) in [4.78, 5) is 15.7. The molecule has 2 aromatic carbocycles. The van der Waals surface area contributed by atoms with Crippen molar-refractivity contribution in [1.82, 2.24) is 4.98 Å². The molecule has 0 unspecified atom stereocenters. The van der Waals surface area contributed by atoms with Crippen LogP contribution in [-0.4, -0.2) is 16.4 Å². The molecule has 0 aliphatic heterocycles. The van der Waals surface area contributed by atoms with Crippen molar-refractivity contribution < 1.29 is 17.1 Å². The van der Waals surface area contributed by atoms with Crippen LogP contribution in [0.15, 0.2) is 64.6 Å². The van der Waals surface area contributed by atoms with Gasteiger partial charge in [-0.15, -0.1) is 0 Å². The maximum Gasteiger partial charge on any atom is 0.0852 e. The second kappa shape index (κ2) is 17.2. The topological polar surface area (TPSA) is 37.6 Å². The number of nitrogens with zero attached hydrogens (tertiary/aromatic N) is 3. The monoisotopic (exact) mass is 565 g/mol. The van der Waals surface area contributed by atoms with Crippen molar-refractivity contribution >= 4 is 22.8 Å². The van der Waals surface area contributed by atoms with Gasteiger partial charge in [-0.2, -0.15) is 0 Å². The molecular weight excluding hydrogens is 518 g/mol. The summed E-state index contributed by atoms with van der Waals surface area (Å²) >= 11 is 0. The van der Waals surface area contributed by atoms with Gasteiger partial charge in [0.1, 0.15) is 0 Å². The molecule has 3 rings (SSSR count). The smallest absolute Gasteiger partial charge is 0.0852 e. The maximum absolute atomic E-state index is 5.24. The van der Waals surface area contributed by atoms with Crippen LogP contribution in [0.25, 0.3) is 0 Å². The number of aromatic nitrogens is 1. The maximum atomic E-state index is 5.24. The van der Waals surface area contributed by atoms with Gasteiger partial charge in [0.05, 0.1) is 34.2 Å². The Balaban J connectivity index is 0.00000533. The van der Waals surface area contributed by atoms with Crippen LogP contribution >= 0.6 is 0 Å². The average Bonchev–Trinajstić information content (AvgIpc) is 2.91. The molecule has 0 atom stereocenters. The van der Waals surface area contributed by atoms with E-state index in [0.29, 0.717) is 0 Å². The van der Waals surface area contributed by atoms with Crippen LogP contribution in [0.2, 0.25) is 0 Å². The normalized spacial score (nSPS) is 11.9. The molecule has 0 saturated carbocycles. The van der Waals surface area contributed by atoms with Crippen LogP contribution < -0.4 is 0 Å². The number of aliphatic imine (C=N–C) groups is 2. The van der Waals surface area contributed by atoms with E-state index in [1.807, 2.05) is 0 Å². The van der Waals surface area contributed by atoms with Crippen molar-refractivity contribution in [3.63, 3.8) is 0 Å². The van der Waals surface area contributed by atoms with Crippen LogP contribution in [0, 0.1) is 27.7 Å². The van der Waals surface area contributed by atoms with Gasteiger partial charge < -0.3 is 0 Å². The SMILES string of the molecule is CCCCCCC(=Nc1c(C)cccc1C)c1cccc(C(CCCCCC)=Nc2c(C)cccc2C)n1.[Fe]. The van der Waals surface area contributed by atoms with E-state index in [2.05, 4.69) is 96.1 Å². The summed E-state index contributed by atoms with van der Waals surface area (Å²) in [5, 5.41) is 0. The Morgan fingerprint density at radius 1 is 0.538 bits per heavy atom. The largest absolute Gasteiger partial charge is 0.251 e. The zero-order valence-corrected chi connectivity index (χ0v) is 26.1. The van der Waals surface area contributed by atoms with Crippen molar-refractivity contribution in [1.29, 1.82) is 0 Å². The van der Waals surface area contributed by atoms with Gasteiger partial charge in [0.15, 0.2) is 0 Å². The minimum Gasteiger partial charge on any atom is -0.251 e. The van der Waals surface area contributed by atoms with Gasteiger partial charge >= 0.3 is 0 Å². The predicted octanol–water partition coefficient (Wildman–Crippen LogP) is 10.5. The van der Waals surface area contributed by atoms with Crippen LogP contribution in [0.4, 0.5) is 11.4 Å². The van der Waals surface area contributed by atoms with E-state index < -0.39 is 0 Å². The molecular formula is C35H47FeN3. The van der Waals surface area contributed by atoms with E-state index in [-0.39, 0.29) is 17.1 Å². The molecule has 4 heteroatoms. The first kappa shape index (κ1) is 32.7. The molecule has 0 bridgehead atoms. The first-order valence-corrected chi connectivity index (χ1v) is 14.7. The van der Waals surface area contributed by atoms with Crippen molar-refractivity contribution in [3.8, 4) is 0 Å². The molecule has 0 N–H and O–H groups in total. The van der Waals surface area contributed by atoms with Crippen LogP contribution in [0.3, 0.4) is 0 Å². The van der Waals surface area contributed by atoms with E-state index in [1.54, 1.807) is 0 Å². The number of hydrogen-bond acceptors (Lipinski definition) is 3. The van der Waals surface area contributed by atoms with E-state index in [1.165, 1.54) is 60.8 Å². The second-order valence-corrected chi connectivity index (χ2v) is 10.6. The van der Waals surface area contributed by atoms with Gasteiger partial charge in [0.2, 0.25) is 0 Å². The number of benzene rings is 2. The summed E-state index contributed by atoms with van der Waals surface area (Å²) in [6, 6.07) is 19.2. The average molecular weight is 566 g/mol. The summed E-state index contributed by atoms with van der Waals surface area (Å²) in [5.41, 5.74) is 11.1. The van der Waals surface area contributed by atoms with Crippen molar-refractivity contribution in [3.05, 3.63) is 88.2 Å². The number of unbranched alkanes of at least 4 members (excludes halogenated alkanes) is 6. The molecule has 0 amide bonds. The van der Waals surface area contributed by atoms with Gasteiger partial charge in [-0.05, 0) is 87.8 Å². The van der Waals surface area contributed by atoms with E-state index in [9.17, 15) is 0 Å². The fraction of sp³-hybridized carbons (Fsp3) is 0.457. The molecule has 1 aromatic heterocycles. The zero-order chi connectivity index (χ0) is 27.3. The minimum atomic E-state index is 0.